The molecule has 0 saturated carbocycles. The van der Waals surface area contributed by atoms with E-state index in [1.165, 1.54) is 19.2 Å². The number of halogens is 2. The molecule has 0 aliphatic heterocycles. The zero-order chi connectivity index (χ0) is 18.8. The van der Waals surface area contributed by atoms with E-state index in [0.717, 1.165) is 27.8 Å². The lowest BCUT2D eigenvalue weighted by molar-refractivity contribution is 0.405. The van der Waals surface area contributed by atoms with Gasteiger partial charge in [-0.1, -0.05) is 24.3 Å². The first-order chi connectivity index (χ1) is 12.5. The second-order valence-electron chi connectivity index (χ2n) is 6.29. The molecule has 0 aromatic heterocycles. The van der Waals surface area contributed by atoms with Crippen molar-refractivity contribution in [3.05, 3.63) is 76.9 Å². The van der Waals surface area contributed by atoms with Crippen LogP contribution in [0.3, 0.4) is 0 Å². The van der Waals surface area contributed by atoms with Crippen LogP contribution in [0, 0.1) is 25.5 Å². The van der Waals surface area contributed by atoms with Crippen molar-refractivity contribution < 1.29 is 13.5 Å². The van der Waals surface area contributed by atoms with Crippen LogP contribution in [0.25, 0.3) is 22.3 Å². The lowest BCUT2D eigenvalue weighted by atomic mass is 9.91. The third kappa shape index (κ3) is 3.20. The number of hydrogen-bond donors (Lipinski definition) is 1. The van der Waals surface area contributed by atoms with Gasteiger partial charge in [0.15, 0.2) is 0 Å². The zero-order valence-electron chi connectivity index (χ0n) is 15.1. The van der Waals surface area contributed by atoms with E-state index >= 15 is 0 Å². The fourth-order valence-electron chi connectivity index (χ4n) is 3.22. The summed E-state index contributed by atoms with van der Waals surface area (Å²) in [5.74, 6) is -0.180. The number of nitrogens with two attached hydrogens (primary N) is 1. The van der Waals surface area contributed by atoms with Crippen molar-refractivity contribution in [2.45, 2.75) is 20.4 Å². The van der Waals surface area contributed by atoms with Gasteiger partial charge < -0.3 is 10.5 Å². The molecule has 2 N–H and O–H groups in total. The Hall–Kier alpha value is -2.72. The highest BCUT2D eigenvalue weighted by Crippen LogP contribution is 2.35. The maximum absolute atomic E-state index is 14.4. The lowest BCUT2D eigenvalue weighted by Gasteiger charge is -2.15. The molecule has 0 aliphatic carbocycles. The summed E-state index contributed by atoms with van der Waals surface area (Å²) in [5.41, 5.74) is 11.1. The molecule has 0 heterocycles. The normalized spacial score (nSPS) is 10.8. The van der Waals surface area contributed by atoms with E-state index in [2.05, 4.69) is 0 Å². The molecule has 0 amide bonds. The Morgan fingerprint density at radius 2 is 1.58 bits per heavy atom. The van der Waals surface area contributed by atoms with E-state index in [9.17, 15) is 8.78 Å². The van der Waals surface area contributed by atoms with Crippen LogP contribution in [0.4, 0.5) is 8.78 Å². The molecule has 0 bridgehead atoms. The molecule has 3 aromatic carbocycles. The third-order valence-corrected chi connectivity index (χ3v) is 4.69. The monoisotopic (exact) mass is 353 g/mol. The van der Waals surface area contributed by atoms with Crippen molar-refractivity contribution in [1.29, 1.82) is 0 Å². The molecule has 0 radical (unpaired) electrons. The van der Waals surface area contributed by atoms with Crippen molar-refractivity contribution in [2.24, 2.45) is 5.73 Å². The van der Waals surface area contributed by atoms with Crippen molar-refractivity contribution in [1.82, 2.24) is 0 Å². The number of aryl methyl sites for hydroxylation is 1. The molecule has 3 rings (SSSR count). The Labute approximate surface area is 152 Å². The maximum atomic E-state index is 14.4. The first-order valence-electron chi connectivity index (χ1n) is 8.39. The predicted octanol–water partition coefficient (Wildman–Crippen LogP) is 5.38. The molecular formula is C22H21F2NO. The highest BCUT2D eigenvalue weighted by atomic mass is 19.1. The van der Waals surface area contributed by atoms with Crippen molar-refractivity contribution in [2.75, 3.05) is 7.11 Å². The summed E-state index contributed by atoms with van der Waals surface area (Å²) in [7, 11) is 1.50. The summed E-state index contributed by atoms with van der Waals surface area (Å²) < 4.78 is 33.3. The fourth-order valence-corrected chi connectivity index (χ4v) is 3.22. The summed E-state index contributed by atoms with van der Waals surface area (Å²) in [6.07, 6.45) is 0. The van der Waals surface area contributed by atoms with Crippen LogP contribution in [0.2, 0.25) is 0 Å². The van der Waals surface area contributed by atoms with Gasteiger partial charge >= 0.3 is 0 Å². The van der Waals surface area contributed by atoms with Gasteiger partial charge in [-0.05, 0) is 71.5 Å². The molecular weight excluding hydrogens is 332 g/mol. The summed E-state index contributed by atoms with van der Waals surface area (Å²) in [6, 6.07) is 14.2. The third-order valence-electron chi connectivity index (χ3n) is 4.69. The Morgan fingerprint density at radius 3 is 2.19 bits per heavy atom. The second-order valence-corrected chi connectivity index (χ2v) is 6.29. The van der Waals surface area contributed by atoms with Crippen LogP contribution >= 0.6 is 0 Å². The van der Waals surface area contributed by atoms with E-state index < -0.39 is 0 Å². The number of hydrogen-bond acceptors (Lipinski definition) is 2. The van der Waals surface area contributed by atoms with Crippen molar-refractivity contribution >= 4 is 0 Å². The Morgan fingerprint density at radius 1 is 0.885 bits per heavy atom. The number of ether oxygens (including phenoxy) is 1. The average molecular weight is 353 g/mol. The van der Waals surface area contributed by atoms with E-state index in [4.69, 9.17) is 10.5 Å². The van der Waals surface area contributed by atoms with Gasteiger partial charge in [0.2, 0.25) is 0 Å². The standard InChI is InChI=1S/C22H21F2NO/c1-13-9-15(7-8-20(13)23)17-5-4-6-18(14(17)2)16-10-21(24)19(12-25)22(11-16)26-3/h4-11H,12,25H2,1-3H3. The molecule has 0 spiro atoms. The number of methoxy groups -OCH3 is 1. The molecule has 3 aromatic rings. The van der Waals surface area contributed by atoms with Gasteiger partial charge in [0.05, 0.1) is 7.11 Å². The SMILES string of the molecule is COc1cc(-c2cccc(-c3ccc(F)c(C)c3)c2C)cc(F)c1CN. The first kappa shape index (κ1) is 18.1. The molecule has 0 fully saturated rings. The maximum Gasteiger partial charge on any atom is 0.132 e. The van der Waals surface area contributed by atoms with Crippen LogP contribution < -0.4 is 10.5 Å². The van der Waals surface area contributed by atoms with E-state index in [-0.39, 0.29) is 18.2 Å². The Bertz CT molecular complexity index is 967. The van der Waals surface area contributed by atoms with Gasteiger partial charge in [-0.3, -0.25) is 0 Å². The van der Waals surface area contributed by atoms with Gasteiger partial charge in [-0.2, -0.15) is 0 Å². The average Bonchev–Trinajstić information content (AvgIpc) is 2.63. The van der Waals surface area contributed by atoms with Gasteiger partial charge in [-0.15, -0.1) is 0 Å². The molecule has 0 unspecified atom stereocenters. The summed E-state index contributed by atoms with van der Waals surface area (Å²) >= 11 is 0. The predicted molar refractivity (Wildman–Crippen MR) is 101 cm³/mol. The summed E-state index contributed by atoms with van der Waals surface area (Å²) in [4.78, 5) is 0. The van der Waals surface area contributed by atoms with Crippen LogP contribution in [0.15, 0.2) is 48.5 Å². The van der Waals surface area contributed by atoms with Crippen molar-refractivity contribution in [3.63, 3.8) is 0 Å². The largest absolute Gasteiger partial charge is 0.496 e. The molecule has 0 aliphatic rings. The van der Waals surface area contributed by atoms with Gasteiger partial charge in [0.25, 0.3) is 0 Å². The summed E-state index contributed by atoms with van der Waals surface area (Å²) in [6.45, 7) is 3.79. The minimum absolute atomic E-state index is 0.0726. The smallest absolute Gasteiger partial charge is 0.132 e. The minimum Gasteiger partial charge on any atom is -0.496 e. The van der Waals surface area contributed by atoms with Gasteiger partial charge in [0.1, 0.15) is 17.4 Å². The van der Waals surface area contributed by atoms with E-state index in [1.54, 1.807) is 19.1 Å². The summed E-state index contributed by atoms with van der Waals surface area (Å²) in [5, 5.41) is 0. The van der Waals surface area contributed by atoms with Gasteiger partial charge in [0, 0.05) is 12.1 Å². The second kappa shape index (κ2) is 7.26. The molecule has 0 saturated heterocycles. The molecule has 26 heavy (non-hydrogen) atoms. The molecule has 0 atom stereocenters. The van der Waals surface area contributed by atoms with Crippen LogP contribution in [-0.2, 0) is 6.54 Å². The number of benzene rings is 3. The highest BCUT2D eigenvalue weighted by Gasteiger charge is 2.14. The Balaban J connectivity index is 2.16. The topological polar surface area (TPSA) is 35.2 Å². The van der Waals surface area contributed by atoms with Crippen molar-refractivity contribution in [3.8, 4) is 28.0 Å². The fraction of sp³-hybridized carbons (Fsp3) is 0.182. The van der Waals surface area contributed by atoms with E-state index in [0.29, 0.717) is 16.9 Å². The minimum atomic E-state index is -0.385. The zero-order valence-corrected chi connectivity index (χ0v) is 15.1. The molecule has 4 heteroatoms. The number of rotatable bonds is 4. The Kier molecular flexibility index (Phi) is 5.05. The lowest BCUT2D eigenvalue weighted by Crippen LogP contribution is -2.03. The highest BCUT2D eigenvalue weighted by molar-refractivity contribution is 5.79. The molecule has 134 valence electrons. The van der Waals surface area contributed by atoms with Crippen LogP contribution in [0.5, 0.6) is 5.75 Å². The van der Waals surface area contributed by atoms with Crippen LogP contribution in [-0.4, -0.2) is 7.11 Å². The first-order valence-corrected chi connectivity index (χ1v) is 8.39. The molecule has 2 nitrogen and oxygen atoms in total. The quantitative estimate of drug-likeness (QED) is 0.683. The van der Waals surface area contributed by atoms with Gasteiger partial charge in [-0.25, -0.2) is 8.78 Å². The van der Waals surface area contributed by atoms with E-state index in [1.807, 2.05) is 31.2 Å². The van der Waals surface area contributed by atoms with Crippen LogP contribution in [0.1, 0.15) is 16.7 Å².